The molecule has 2 aromatic carbocycles. The van der Waals surface area contributed by atoms with Crippen LogP contribution in [0.4, 0.5) is 10.5 Å². The first-order valence-electron chi connectivity index (χ1n) is 12.1. The van der Waals surface area contributed by atoms with Gasteiger partial charge in [0.25, 0.3) is 5.91 Å². The Morgan fingerprint density at radius 2 is 1.69 bits per heavy atom. The molecule has 0 unspecified atom stereocenters. The van der Waals surface area contributed by atoms with Crippen LogP contribution in [0.3, 0.4) is 0 Å². The zero-order valence-electron chi connectivity index (χ0n) is 20.3. The van der Waals surface area contributed by atoms with Gasteiger partial charge in [0, 0.05) is 19.2 Å². The van der Waals surface area contributed by atoms with E-state index >= 15 is 0 Å². The standard InChI is InChI=1S/C27H32N4O4/c1-19-11-13-21(14-12-19)30(2)24(33)22(17-20-9-5-3-6-10-20)28-23(32)18-31-25(34)27(29-26(31)35)15-7-4-8-16-27/h3,5-6,9-14,22H,4,7-8,15-18H2,1-2H3,(H,28,32)(H,29,35)/t22-/m0/s1. The Morgan fingerprint density at radius 1 is 1.03 bits per heavy atom. The molecule has 35 heavy (non-hydrogen) atoms. The van der Waals surface area contributed by atoms with Gasteiger partial charge in [-0.2, -0.15) is 0 Å². The van der Waals surface area contributed by atoms with Crippen LogP contribution in [0.25, 0.3) is 0 Å². The van der Waals surface area contributed by atoms with Gasteiger partial charge in [0.1, 0.15) is 18.1 Å². The normalized spacial score (nSPS) is 17.7. The molecule has 8 heteroatoms. The first-order chi connectivity index (χ1) is 16.8. The van der Waals surface area contributed by atoms with E-state index in [9.17, 15) is 19.2 Å². The summed E-state index contributed by atoms with van der Waals surface area (Å²) in [6.07, 6.45) is 4.23. The van der Waals surface area contributed by atoms with Crippen molar-refractivity contribution in [3.05, 3.63) is 65.7 Å². The zero-order chi connectivity index (χ0) is 25.0. The van der Waals surface area contributed by atoms with Gasteiger partial charge in [-0.3, -0.25) is 19.3 Å². The lowest BCUT2D eigenvalue weighted by atomic mass is 9.82. The third-order valence-electron chi connectivity index (χ3n) is 6.92. The summed E-state index contributed by atoms with van der Waals surface area (Å²) < 4.78 is 0. The molecule has 8 nitrogen and oxygen atoms in total. The van der Waals surface area contributed by atoms with Crippen LogP contribution in [0.15, 0.2) is 54.6 Å². The number of amides is 5. The Kier molecular flexibility index (Phi) is 7.19. The van der Waals surface area contributed by atoms with Gasteiger partial charge in [-0.15, -0.1) is 0 Å². The van der Waals surface area contributed by atoms with Crippen LogP contribution in [0.5, 0.6) is 0 Å². The molecule has 2 aromatic rings. The van der Waals surface area contributed by atoms with Gasteiger partial charge in [-0.05, 0) is 37.5 Å². The highest BCUT2D eigenvalue weighted by Crippen LogP contribution is 2.33. The Bertz CT molecular complexity index is 1090. The van der Waals surface area contributed by atoms with Crippen molar-refractivity contribution in [2.24, 2.45) is 0 Å². The third kappa shape index (κ3) is 5.37. The first-order valence-corrected chi connectivity index (χ1v) is 12.1. The van der Waals surface area contributed by atoms with E-state index in [1.54, 1.807) is 7.05 Å². The van der Waals surface area contributed by atoms with Crippen LogP contribution >= 0.6 is 0 Å². The number of anilines is 1. The Morgan fingerprint density at radius 3 is 2.34 bits per heavy atom. The van der Waals surface area contributed by atoms with Gasteiger partial charge >= 0.3 is 6.03 Å². The number of likely N-dealkylation sites (N-methyl/N-ethyl adjacent to an activating group) is 1. The maximum atomic E-state index is 13.4. The van der Waals surface area contributed by atoms with E-state index in [0.717, 1.165) is 35.3 Å². The summed E-state index contributed by atoms with van der Waals surface area (Å²) in [5.74, 6) is -1.18. The number of rotatable bonds is 7. The van der Waals surface area contributed by atoms with Crippen molar-refractivity contribution in [3.8, 4) is 0 Å². The molecular formula is C27H32N4O4. The summed E-state index contributed by atoms with van der Waals surface area (Å²) in [7, 11) is 1.67. The number of nitrogens with zero attached hydrogens (tertiary/aromatic N) is 2. The lowest BCUT2D eigenvalue weighted by molar-refractivity contribution is -0.136. The molecule has 0 radical (unpaired) electrons. The molecule has 1 heterocycles. The van der Waals surface area contributed by atoms with E-state index in [1.165, 1.54) is 4.90 Å². The fourth-order valence-corrected chi connectivity index (χ4v) is 4.88. The summed E-state index contributed by atoms with van der Waals surface area (Å²) in [6.45, 7) is 1.55. The summed E-state index contributed by atoms with van der Waals surface area (Å²) in [4.78, 5) is 54.5. The highest BCUT2D eigenvalue weighted by molar-refractivity contribution is 6.09. The highest BCUT2D eigenvalue weighted by atomic mass is 16.2. The molecule has 1 aliphatic carbocycles. The van der Waals surface area contributed by atoms with Gasteiger partial charge in [0.15, 0.2) is 0 Å². The van der Waals surface area contributed by atoms with E-state index in [2.05, 4.69) is 10.6 Å². The number of nitrogens with one attached hydrogen (secondary N) is 2. The molecule has 1 saturated heterocycles. The quantitative estimate of drug-likeness (QED) is 0.601. The molecule has 4 rings (SSSR count). The van der Waals surface area contributed by atoms with Crippen LogP contribution in [-0.2, 0) is 20.8 Å². The molecule has 0 bridgehead atoms. The minimum Gasteiger partial charge on any atom is -0.342 e. The summed E-state index contributed by atoms with van der Waals surface area (Å²) >= 11 is 0. The van der Waals surface area contributed by atoms with Crippen LogP contribution in [0, 0.1) is 6.92 Å². The van der Waals surface area contributed by atoms with E-state index in [4.69, 9.17) is 0 Å². The predicted octanol–water partition coefficient (Wildman–Crippen LogP) is 2.94. The topological polar surface area (TPSA) is 98.8 Å². The SMILES string of the molecule is Cc1ccc(N(C)C(=O)[C@H](Cc2ccccc2)NC(=O)CN2C(=O)NC3(CCCCC3)C2=O)cc1. The number of hydrogen-bond donors (Lipinski definition) is 2. The summed E-state index contributed by atoms with van der Waals surface area (Å²) in [6, 6.07) is 15.6. The first kappa shape index (κ1) is 24.4. The Labute approximate surface area is 205 Å². The van der Waals surface area contributed by atoms with E-state index in [0.29, 0.717) is 18.5 Å². The van der Waals surface area contributed by atoms with Gasteiger partial charge in [-0.25, -0.2) is 4.79 Å². The van der Waals surface area contributed by atoms with E-state index in [-0.39, 0.29) is 18.2 Å². The summed E-state index contributed by atoms with van der Waals surface area (Å²) in [5, 5.41) is 5.60. The Balaban J connectivity index is 1.48. The van der Waals surface area contributed by atoms with Gasteiger partial charge in [0.05, 0.1) is 0 Å². The minimum absolute atomic E-state index is 0.283. The third-order valence-corrected chi connectivity index (χ3v) is 6.92. The second kappa shape index (κ2) is 10.3. The molecular weight excluding hydrogens is 444 g/mol. The lowest BCUT2D eigenvalue weighted by Gasteiger charge is -2.30. The van der Waals surface area contributed by atoms with Crippen molar-refractivity contribution in [3.63, 3.8) is 0 Å². The number of carbonyl (C=O) groups is 4. The average molecular weight is 477 g/mol. The second-order valence-electron chi connectivity index (χ2n) is 9.51. The second-order valence-corrected chi connectivity index (χ2v) is 9.51. The highest BCUT2D eigenvalue weighted by Gasteiger charge is 2.51. The van der Waals surface area contributed by atoms with Crippen LogP contribution in [0.2, 0.25) is 0 Å². The fraction of sp³-hybridized carbons (Fsp3) is 0.407. The molecule has 1 atom stereocenters. The molecule has 2 N–H and O–H groups in total. The number of imide groups is 1. The number of benzene rings is 2. The lowest BCUT2D eigenvalue weighted by Crippen LogP contribution is -2.52. The number of hydrogen-bond acceptors (Lipinski definition) is 4. The van der Waals surface area contributed by atoms with E-state index in [1.807, 2.05) is 61.5 Å². The molecule has 1 aliphatic heterocycles. The maximum absolute atomic E-state index is 13.4. The largest absolute Gasteiger partial charge is 0.342 e. The van der Waals surface area contributed by atoms with Crippen molar-refractivity contribution in [2.45, 2.75) is 57.0 Å². The van der Waals surface area contributed by atoms with Crippen molar-refractivity contribution in [1.82, 2.24) is 15.5 Å². The van der Waals surface area contributed by atoms with Crippen molar-refractivity contribution < 1.29 is 19.2 Å². The molecule has 1 saturated carbocycles. The smallest absolute Gasteiger partial charge is 0.325 e. The van der Waals surface area contributed by atoms with Gasteiger partial charge in [0.2, 0.25) is 11.8 Å². The van der Waals surface area contributed by atoms with Crippen molar-refractivity contribution in [1.29, 1.82) is 0 Å². The molecule has 0 aromatic heterocycles. The molecule has 5 amide bonds. The summed E-state index contributed by atoms with van der Waals surface area (Å²) in [5.41, 5.74) is 1.79. The average Bonchev–Trinajstić information content (AvgIpc) is 3.08. The molecule has 184 valence electrons. The van der Waals surface area contributed by atoms with Gasteiger partial charge < -0.3 is 15.5 Å². The molecule has 2 fully saturated rings. The van der Waals surface area contributed by atoms with Gasteiger partial charge in [-0.1, -0.05) is 67.3 Å². The van der Waals surface area contributed by atoms with Crippen LogP contribution in [-0.4, -0.2) is 53.8 Å². The molecule has 2 aliphatic rings. The number of urea groups is 1. The molecule has 1 spiro atoms. The number of aryl methyl sites for hydroxylation is 1. The van der Waals surface area contributed by atoms with Crippen molar-refractivity contribution >= 4 is 29.4 Å². The zero-order valence-corrected chi connectivity index (χ0v) is 20.3. The maximum Gasteiger partial charge on any atom is 0.325 e. The van der Waals surface area contributed by atoms with Crippen LogP contribution < -0.4 is 15.5 Å². The minimum atomic E-state index is -0.888. The monoisotopic (exact) mass is 476 g/mol. The van der Waals surface area contributed by atoms with Crippen LogP contribution in [0.1, 0.15) is 43.2 Å². The Hall–Kier alpha value is -3.68. The van der Waals surface area contributed by atoms with Crippen molar-refractivity contribution in [2.75, 3.05) is 18.5 Å². The number of carbonyl (C=O) groups excluding carboxylic acids is 4. The fourth-order valence-electron chi connectivity index (χ4n) is 4.88. The van der Waals surface area contributed by atoms with E-state index < -0.39 is 30.1 Å². The predicted molar refractivity (Wildman–Crippen MR) is 133 cm³/mol.